The van der Waals surface area contributed by atoms with Crippen molar-refractivity contribution < 1.29 is 14.6 Å². The molecule has 1 amide bonds. The summed E-state index contributed by atoms with van der Waals surface area (Å²) >= 11 is 0. The number of carbonyl (C=O) groups is 1. The zero-order valence-corrected chi connectivity index (χ0v) is 17.3. The number of carbonyl (C=O) groups excluding carboxylic acids is 1. The van der Waals surface area contributed by atoms with Crippen molar-refractivity contribution in [3.63, 3.8) is 0 Å². The summed E-state index contributed by atoms with van der Waals surface area (Å²) in [7, 11) is 0. The van der Waals surface area contributed by atoms with Crippen molar-refractivity contribution in [1.82, 2.24) is 9.80 Å². The Morgan fingerprint density at radius 3 is 2.28 bits per heavy atom. The number of ether oxygens (including phenoxy) is 1. The summed E-state index contributed by atoms with van der Waals surface area (Å²) in [6.45, 7) is 7.47. The highest BCUT2D eigenvalue weighted by atomic mass is 16.5. The predicted octanol–water partition coefficient (Wildman–Crippen LogP) is 2.32. The van der Waals surface area contributed by atoms with E-state index in [9.17, 15) is 9.90 Å². The number of phenols is 1. The third-order valence-electron chi connectivity index (χ3n) is 7.80. The van der Waals surface area contributed by atoms with Gasteiger partial charge in [-0.05, 0) is 74.9 Å². The van der Waals surface area contributed by atoms with Crippen molar-refractivity contribution in [2.75, 3.05) is 57.4 Å². The monoisotopic (exact) mass is 399 g/mol. The Balaban J connectivity index is 1.11. The van der Waals surface area contributed by atoms with Crippen molar-refractivity contribution in [2.45, 2.75) is 38.1 Å². The van der Waals surface area contributed by atoms with Crippen molar-refractivity contribution in [3.05, 3.63) is 24.3 Å². The van der Waals surface area contributed by atoms with Gasteiger partial charge in [0.05, 0.1) is 0 Å². The van der Waals surface area contributed by atoms with Gasteiger partial charge in [-0.1, -0.05) is 0 Å². The number of hydrogen-bond acceptors (Lipinski definition) is 5. The fraction of sp³-hybridized carbons (Fsp3) is 0.696. The zero-order chi connectivity index (χ0) is 19.8. The van der Waals surface area contributed by atoms with Gasteiger partial charge in [0.1, 0.15) is 5.75 Å². The van der Waals surface area contributed by atoms with Gasteiger partial charge in [-0.15, -0.1) is 0 Å². The van der Waals surface area contributed by atoms with Crippen molar-refractivity contribution in [1.29, 1.82) is 0 Å². The van der Waals surface area contributed by atoms with E-state index >= 15 is 0 Å². The molecule has 1 saturated carbocycles. The van der Waals surface area contributed by atoms with E-state index in [1.165, 1.54) is 25.7 Å². The van der Waals surface area contributed by atoms with Crippen LogP contribution < -0.4 is 4.90 Å². The molecule has 4 fully saturated rings. The molecule has 3 heterocycles. The van der Waals surface area contributed by atoms with E-state index in [4.69, 9.17) is 4.74 Å². The Morgan fingerprint density at radius 2 is 1.62 bits per heavy atom. The molecule has 158 valence electrons. The fourth-order valence-electron chi connectivity index (χ4n) is 5.70. The molecule has 1 aromatic carbocycles. The van der Waals surface area contributed by atoms with Gasteiger partial charge in [0.15, 0.2) is 0 Å². The average molecular weight is 400 g/mol. The number of likely N-dealkylation sites (tertiary alicyclic amines) is 1. The summed E-state index contributed by atoms with van der Waals surface area (Å²) in [4.78, 5) is 20.2. The second-order valence-electron chi connectivity index (χ2n) is 9.33. The first-order valence-electron chi connectivity index (χ1n) is 11.3. The Labute approximate surface area is 173 Å². The van der Waals surface area contributed by atoms with Crippen LogP contribution in [-0.2, 0) is 9.53 Å². The first kappa shape index (κ1) is 19.2. The van der Waals surface area contributed by atoms with Crippen molar-refractivity contribution in [2.24, 2.45) is 11.3 Å². The van der Waals surface area contributed by atoms with E-state index < -0.39 is 0 Å². The van der Waals surface area contributed by atoms with E-state index in [1.807, 2.05) is 12.1 Å². The molecule has 4 aliphatic rings. The van der Waals surface area contributed by atoms with Crippen molar-refractivity contribution in [3.8, 4) is 5.75 Å². The molecule has 0 bridgehead atoms. The predicted molar refractivity (Wildman–Crippen MR) is 112 cm³/mol. The molecule has 1 spiro atoms. The largest absolute Gasteiger partial charge is 0.508 e. The van der Waals surface area contributed by atoms with Crippen LogP contribution >= 0.6 is 0 Å². The Bertz CT molecular complexity index is 715. The van der Waals surface area contributed by atoms with Crippen LogP contribution in [0.1, 0.15) is 32.1 Å². The summed E-state index contributed by atoms with van der Waals surface area (Å²) in [6.07, 6.45) is 5.81. The fourth-order valence-corrected chi connectivity index (χ4v) is 5.70. The van der Waals surface area contributed by atoms with Crippen LogP contribution in [0.5, 0.6) is 5.75 Å². The number of piperazine rings is 1. The minimum absolute atomic E-state index is 0.263. The van der Waals surface area contributed by atoms with Gasteiger partial charge in [-0.3, -0.25) is 4.79 Å². The Kier molecular flexibility index (Phi) is 5.16. The van der Waals surface area contributed by atoms with Gasteiger partial charge in [-0.25, -0.2) is 0 Å². The minimum atomic E-state index is 0.263. The lowest BCUT2D eigenvalue weighted by molar-refractivity contribution is -0.134. The first-order valence-corrected chi connectivity index (χ1v) is 11.3. The highest BCUT2D eigenvalue weighted by Crippen LogP contribution is 2.60. The molecule has 1 N–H and O–H groups in total. The number of phenolic OH excluding ortho intramolecular Hbond substituents is 1. The van der Waals surface area contributed by atoms with Gasteiger partial charge in [0, 0.05) is 57.0 Å². The number of amides is 1. The maximum atomic E-state index is 13.1. The molecule has 0 radical (unpaired) electrons. The second-order valence-corrected chi connectivity index (χ2v) is 9.33. The third-order valence-corrected chi connectivity index (χ3v) is 7.80. The normalized spacial score (nSPS) is 27.9. The quantitative estimate of drug-likeness (QED) is 0.845. The smallest absolute Gasteiger partial charge is 0.226 e. The SMILES string of the molecule is O=C(C1CC12CCN(C1CCOCC1)CC2)N1CCN(c2ccc(O)cc2)CC1. The molecule has 1 aliphatic carbocycles. The number of piperidine rings is 1. The second kappa shape index (κ2) is 7.80. The lowest BCUT2D eigenvalue weighted by Crippen LogP contribution is -2.50. The van der Waals surface area contributed by atoms with Crippen LogP contribution in [-0.4, -0.2) is 79.3 Å². The van der Waals surface area contributed by atoms with Gasteiger partial charge in [0.2, 0.25) is 5.91 Å². The van der Waals surface area contributed by atoms with Gasteiger partial charge >= 0.3 is 0 Å². The molecule has 3 aliphatic heterocycles. The summed E-state index contributed by atoms with van der Waals surface area (Å²) in [5.74, 6) is 0.957. The van der Waals surface area contributed by atoms with Crippen LogP contribution in [0.3, 0.4) is 0 Å². The minimum Gasteiger partial charge on any atom is -0.508 e. The standard InChI is InChI=1S/C23H33N3O3/c27-20-3-1-18(2-4-20)25-11-13-26(14-12-25)22(28)21-17-23(21)7-9-24(10-8-23)19-5-15-29-16-6-19/h1-4,19,21,27H,5-17H2. The highest BCUT2D eigenvalue weighted by molar-refractivity contribution is 5.83. The molecule has 0 aromatic heterocycles. The molecule has 1 aromatic rings. The van der Waals surface area contributed by atoms with E-state index in [2.05, 4.69) is 14.7 Å². The number of rotatable bonds is 3. The Morgan fingerprint density at radius 1 is 0.966 bits per heavy atom. The molecule has 3 saturated heterocycles. The summed E-state index contributed by atoms with van der Waals surface area (Å²) in [5.41, 5.74) is 1.42. The first-order chi connectivity index (χ1) is 14.1. The molecular formula is C23H33N3O3. The molecule has 6 heteroatoms. The van der Waals surface area contributed by atoms with Gasteiger partial charge < -0.3 is 24.5 Å². The highest BCUT2D eigenvalue weighted by Gasteiger charge is 2.59. The molecule has 1 unspecified atom stereocenters. The number of benzene rings is 1. The lowest BCUT2D eigenvalue weighted by atomic mass is 9.89. The number of anilines is 1. The van der Waals surface area contributed by atoms with Crippen molar-refractivity contribution >= 4 is 11.6 Å². The van der Waals surface area contributed by atoms with Crippen LogP contribution in [0.15, 0.2) is 24.3 Å². The van der Waals surface area contributed by atoms with Crippen LogP contribution in [0, 0.1) is 11.3 Å². The van der Waals surface area contributed by atoms with Crippen LogP contribution in [0.2, 0.25) is 0 Å². The average Bonchev–Trinajstić information content (AvgIpc) is 3.48. The van der Waals surface area contributed by atoms with E-state index in [0.717, 1.165) is 64.6 Å². The van der Waals surface area contributed by atoms with Crippen LogP contribution in [0.25, 0.3) is 0 Å². The van der Waals surface area contributed by atoms with E-state index in [0.29, 0.717) is 23.1 Å². The number of aromatic hydroxyl groups is 1. The molecular weight excluding hydrogens is 366 g/mol. The van der Waals surface area contributed by atoms with Crippen LogP contribution in [0.4, 0.5) is 5.69 Å². The van der Waals surface area contributed by atoms with Gasteiger partial charge in [0.25, 0.3) is 0 Å². The number of nitrogens with zero attached hydrogens (tertiary/aromatic N) is 3. The summed E-state index contributed by atoms with van der Waals surface area (Å²) in [5, 5.41) is 9.47. The molecule has 29 heavy (non-hydrogen) atoms. The topological polar surface area (TPSA) is 56.2 Å². The Hall–Kier alpha value is -1.79. The molecule has 1 atom stereocenters. The maximum absolute atomic E-state index is 13.1. The maximum Gasteiger partial charge on any atom is 0.226 e. The lowest BCUT2D eigenvalue weighted by Gasteiger charge is -2.40. The zero-order valence-electron chi connectivity index (χ0n) is 17.3. The van der Waals surface area contributed by atoms with E-state index in [1.54, 1.807) is 12.1 Å². The molecule has 5 rings (SSSR count). The number of hydrogen-bond donors (Lipinski definition) is 1. The third kappa shape index (κ3) is 3.84. The molecule has 6 nitrogen and oxygen atoms in total. The van der Waals surface area contributed by atoms with E-state index in [-0.39, 0.29) is 5.92 Å². The van der Waals surface area contributed by atoms with Gasteiger partial charge in [-0.2, -0.15) is 0 Å². The summed E-state index contributed by atoms with van der Waals surface area (Å²) < 4.78 is 5.51. The summed E-state index contributed by atoms with van der Waals surface area (Å²) in [6, 6.07) is 8.06.